The van der Waals surface area contributed by atoms with Crippen LogP contribution >= 0.6 is 12.4 Å². The van der Waals surface area contributed by atoms with E-state index < -0.39 is 6.67 Å². The summed E-state index contributed by atoms with van der Waals surface area (Å²) in [7, 11) is 1.88. The van der Waals surface area contributed by atoms with E-state index in [0.29, 0.717) is 13.1 Å². The Morgan fingerprint density at radius 2 is 2.17 bits per heavy atom. The molecule has 0 spiro atoms. The van der Waals surface area contributed by atoms with Gasteiger partial charge in [0.05, 0.1) is 24.1 Å². The van der Waals surface area contributed by atoms with E-state index in [0.717, 1.165) is 16.9 Å². The summed E-state index contributed by atoms with van der Waals surface area (Å²) in [4.78, 5) is 0. The zero-order valence-electron chi connectivity index (χ0n) is 10.4. The minimum atomic E-state index is -0.400. The van der Waals surface area contributed by atoms with Crippen molar-refractivity contribution in [2.75, 3.05) is 12.0 Å². The number of nitrogens with one attached hydrogen (secondary N) is 1. The van der Waals surface area contributed by atoms with Crippen molar-refractivity contribution in [3.05, 3.63) is 29.8 Å². The lowest BCUT2D eigenvalue weighted by Crippen LogP contribution is -2.00. The zero-order valence-corrected chi connectivity index (χ0v) is 11.2. The predicted octanol–water partition coefficient (Wildman–Crippen LogP) is 1.93. The summed E-state index contributed by atoms with van der Waals surface area (Å²) in [5.41, 5.74) is 2.91. The lowest BCUT2D eigenvalue weighted by molar-refractivity contribution is 0.426. The normalized spacial score (nSPS) is 10.2. The van der Waals surface area contributed by atoms with Crippen LogP contribution < -0.4 is 5.32 Å². The lowest BCUT2D eigenvalue weighted by atomic mass is 10.3. The molecule has 5 nitrogen and oxygen atoms in total. The number of halogens is 2. The van der Waals surface area contributed by atoms with E-state index in [9.17, 15) is 4.39 Å². The second-order valence-electron chi connectivity index (χ2n) is 3.96. The van der Waals surface area contributed by atoms with E-state index in [1.54, 1.807) is 9.36 Å². The number of hydrogen-bond donors (Lipinski definition) is 1. The molecule has 0 unspecified atom stereocenters. The summed E-state index contributed by atoms with van der Waals surface area (Å²) < 4.78 is 15.6. The Morgan fingerprint density at radius 3 is 2.78 bits per heavy atom. The van der Waals surface area contributed by atoms with Crippen molar-refractivity contribution in [3.63, 3.8) is 0 Å². The van der Waals surface area contributed by atoms with Gasteiger partial charge in [-0.05, 0) is 6.92 Å². The molecule has 18 heavy (non-hydrogen) atoms. The van der Waals surface area contributed by atoms with Crippen molar-refractivity contribution in [1.29, 1.82) is 0 Å². The van der Waals surface area contributed by atoms with Crippen molar-refractivity contribution >= 4 is 18.1 Å². The summed E-state index contributed by atoms with van der Waals surface area (Å²) in [5, 5.41) is 11.6. The fourth-order valence-corrected chi connectivity index (χ4v) is 1.65. The highest BCUT2D eigenvalue weighted by molar-refractivity contribution is 5.85. The van der Waals surface area contributed by atoms with Gasteiger partial charge in [0.15, 0.2) is 0 Å². The maximum atomic E-state index is 12.2. The molecule has 0 amide bonds. The molecule has 2 heterocycles. The van der Waals surface area contributed by atoms with Crippen LogP contribution in [0.3, 0.4) is 0 Å². The largest absolute Gasteiger partial charge is 0.378 e. The fraction of sp³-hybridized carbons (Fsp3) is 0.455. The molecule has 7 heteroatoms. The molecule has 0 aliphatic rings. The van der Waals surface area contributed by atoms with Crippen molar-refractivity contribution in [2.45, 2.75) is 20.0 Å². The van der Waals surface area contributed by atoms with Gasteiger partial charge in [-0.15, -0.1) is 12.4 Å². The number of alkyl halides is 1. The lowest BCUT2D eigenvalue weighted by Gasteiger charge is -2.01. The van der Waals surface area contributed by atoms with Gasteiger partial charge >= 0.3 is 0 Å². The Balaban J connectivity index is 0.00000162. The molecule has 0 saturated heterocycles. The molecule has 2 rings (SSSR count). The topological polar surface area (TPSA) is 47.7 Å². The van der Waals surface area contributed by atoms with Crippen LogP contribution in [0, 0.1) is 6.92 Å². The first-order valence-corrected chi connectivity index (χ1v) is 5.50. The molecule has 0 fully saturated rings. The average molecular weight is 274 g/mol. The van der Waals surface area contributed by atoms with Gasteiger partial charge in [-0.25, -0.2) is 4.39 Å². The Bertz CT molecular complexity index is 493. The maximum absolute atomic E-state index is 12.2. The summed E-state index contributed by atoms with van der Waals surface area (Å²) in [5.74, 6) is 0. The highest BCUT2D eigenvalue weighted by atomic mass is 35.5. The van der Waals surface area contributed by atoms with E-state index in [1.807, 2.05) is 32.6 Å². The number of aromatic nitrogens is 4. The number of aryl methyl sites for hydroxylation is 3. The zero-order chi connectivity index (χ0) is 12.3. The van der Waals surface area contributed by atoms with Crippen molar-refractivity contribution in [3.8, 4) is 0 Å². The standard InChI is InChI=1S/C11H16FN5.ClH/c1-9-11(8-17(15-9)4-3-12)13-5-10-6-14-16(2)7-10;/h6-8,13H,3-5H2,1-2H3;1H. The predicted molar refractivity (Wildman–Crippen MR) is 70.7 cm³/mol. The number of hydrogen-bond acceptors (Lipinski definition) is 3. The Labute approximate surface area is 111 Å². The minimum Gasteiger partial charge on any atom is -0.378 e. The third-order valence-electron chi connectivity index (χ3n) is 2.50. The molecule has 0 aromatic carbocycles. The molecule has 0 aliphatic carbocycles. The molecule has 1 N–H and O–H groups in total. The van der Waals surface area contributed by atoms with Crippen LogP contribution in [0.2, 0.25) is 0 Å². The van der Waals surface area contributed by atoms with E-state index in [-0.39, 0.29) is 12.4 Å². The van der Waals surface area contributed by atoms with E-state index in [2.05, 4.69) is 15.5 Å². The van der Waals surface area contributed by atoms with Gasteiger partial charge in [-0.2, -0.15) is 10.2 Å². The Hall–Kier alpha value is -1.56. The molecule has 2 aromatic rings. The maximum Gasteiger partial charge on any atom is 0.109 e. The minimum absolute atomic E-state index is 0. The average Bonchev–Trinajstić information content (AvgIpc) is 2.83. The Morgan fingerprint density at radius 1 is 1.39 bits per heavy atom. The smallest absolute Gasteiger partial charge is 0.109 e. The summed E-state index contributed by atoms with van der Waals surface area (Å²) >= 11 is 0. The van der Waals surface area contributed by atoms with Gasteiger partial charge in [-0.3, -0.25) is 9.36 Å². The third kappa shape index (κ3) is 3.46. The van der Waals surface area contributed by atoms with Crippen molar-refractivity contribution in [2.24, 2.45) is 7.05 Å². The van der Waals surface area contributed by atoms with Crippen molar-refractivity contribution in [1.82, 2.24) is 19.6 Å². The molecule has 0 atom stereocenters. The third-order valence-corrected chi connectivity index (χ3v) is 2.50. The molecular formula is C11H17ClFN5. The highest BCUT2D eigenvalue weighted by Crippen LogP contribution is 2.13. The highest BCUT2D eigenvalue weighted by Gasteiger charge is 2.04. The van der Waals surface area contributed by atoms with Gasteiger partial charge in [0.1, 0.15) is 6.67 Å². The number of nitrogens with zero attached hydrogens (tertiary/aromatic N) is 4. The van der Waals surface area contributed by atoms with Crippen LogP contribution in [0.25, 0.3) is 0 Å². The first-order chi connectivity index (χ1) is 8.19. The second kappa shape index (κ2) is 6.39. The summed E-state index contributed by atoms with van der Waals surface area (Å²) in [6, 6.07) is 0. The van der Waals surface area contributed by atoms with E-state index in [1.165, 1.54) is 0 Å². The quantitative estimate of drug-likeness (QED) is 0.906. The Kier molecular flexibility index (Phi) is 5.15. The van der Waals surface area contributed by atoms with E-state index in [4.69, 9.17) is 0 Å². The number of anilines is 1. The van der Waals surface area contributed by atoms with Crippen LogP contribution in [-0.2, 0) is 20.1 Å². The number of rotatable bonds is 5. The SMILES string of the molecule is Cc1nn(CCF)cc1NCc1cnn(C)c1.Cl. The second-order valence-corrected chi connectivity index (χ2v) is 3.96. The van der Waals surface area contributed by atoms with Crippen LogP contribution in [0.15, 0.2) is 18.6 Å². The molecule has 0 aliphatic heterocycles. The van der Waals surface area contributed by atoms with E-state index >= 15 is 0 Å². The fourth-order valence-electron chi connectivity index (χ4n) is 1.65. The molecule has 100 valence electrons. The van der Waals surface area contributed by atoms with Gasteiger partial charge < -0.3 is 5.32 Å². The molecule has 2 aromatic heterocycles. The summed E-state index contributed by atoms with van der Waals surface area (Å²) in [6.45, 7) is 2.49. The van der Waals surface area contributed by atoms with Crippen molar-refractivity contribution < 1.29 is 4.39 Å². The first kappa shape index (κ1) is 14.5. The monoisotopic (exact) mass is 273 g/mol. The molecule has 0 saturated carbocycles. The first-order valence-electron chi connectivity index (χ1n) is 5.50. The molecular weight excluding hydrogens is 257 g/mol. The van der Waals surface area contributed by atoms with Gasteiger partial charge in [0.2, 0.25) is 0 Å². The van der Waals surface area contributed by atoms with Gasteiger partial charge in [0.25, 0.3) is 0 Å². The molecule has 0 radical (unpaired) electrons. The van der Waals surface area contributed by atoms with Gasteiger partial charge in [-0.1, -0.05) is 0 Å². The van der Waals surface area contributed by atoms with Crippen LogP contribution in [-0.4, -0.2) is 26.2 Å². The van der Waals surface area contributed by atoms with Gasteiger partial charge in [0, 0.05) is 31.5 Å². The van der Waals surface area contributed by atoms with Crippen LogP contribution in [0.1, 0.15) is 11.3 Å². The molecule has 0 bridgehead atoms. The summed E-state index contributed by atoms with van der Waals surface area (Å²) in [6.07, 6.45) is 5.59. The van der Waals surface area contributed by atoms with Crippen LogP contribution in [0.5, 0.6) is 0 Å². The van der Waals surface area contributed by atoms with Crippen LogP contribution in [0.4, 0.5) is 10.1 Å².